The largest absolute Gasteiger partial charge is 0.467 e. The van der Waals surface area contributed by atoms with E-state index < -0.39 is 5.91 Å². The smallest absolute Gasteiger partial charge is 0.280 e. The van der Waals surface area contributed by atoms with Crippen molar-refractivity contribution in [2.75, 3.05) is 5.75 Å². The summed E-state index contributed by atoms with van der Waals surface area (Å²) in [6, 6.07) is 3.53. The van der Waals surface area contributed by atoms with Crippen LogP contribution in [-0.4, -0.2) is 28.4 Å². The molecule has 0 saturated heterocycles. The van der Waals surface area contributed by atoms with Gasteiger partial charge in [-0.3, -0.25) is 9.59 Å². The predicted octanol–water partition coefficient (Wildman–Crippen LogP) is 1.54. The number of nitrogens with zero attached hydrogens (tertiary/aromatic N) is 2. The average molecular weight is 291 g/mol. The van der Waals surface area contributed by atoms with Gasteiger partial charge in [0.2, 0.25) is 5.91 Å². The van der Waals surface area contributed by atoms with Gasteiger partial charge in [0.15, 0.2) is 5.17 Å². The van der Waals surface area contributed by atoms with Gasteiger partial charge in [-0.1, -0.05) is 18.3 Å². The highest BCUT2D eigenvalue weighted by atomic mass is 32.2. The Hall–Kier alpha value is -2.15. The van der Waals surface area contributed by atoms with Gasteiger partial charge in [-0.05, 0) is 19.1 Å². The van der Waals surface area contributed by atoms with Crippen LogP contribution in [0.1, 0.15) is 12.7 Å². The summed E-state index contributed by atoms with van der Waals surface area (Å²) in [5.41, 5.74) is 0.820. The van der Waals surface area contributed by atoms with Crippen molar-refractivity contribution in [2.45, 2.75) is 13.5 Å². The molecule has 0 radical (unpaired) electrons. The maximum atomic E-state index is 11.6. The van der Waals surface area contributed by atoms with E-state index in [4.69, 9.17) is 4.42 Å². The Morgan fingerprint density at radius 3 is 2.95 bits per heavy atom. The van der Waals surface area contributed by atoms with Crippen molar-refractivity contribution in [1.82, 2.24) is 5.32 Å². The maximum absolute atomic E-state index is 11.6. The first kappa shape index (κ1) is 14.3. The van der Waals surface area contributed by atoms with Gasteiger partial charge in [0, 0.05) is 0 Å². The minimum Gasteiger partial charge on any atom is -0.467 e. The predicted molar refractivity (Wildman–Crippen MR) is 77.7 cm³/mol. The summed E-state index contributed by atoms with van der Waals surface area (Å²) < 4.78 is 5.10. The fourth-order valence-corrected chi connectivity index (χ4v) is 2.10. The number of furan rings is 1. The number of carbonyl (C=O) groups excluding carboxylic acids is 2. The topological polar surface area (TPSA) is 84.0 Å². The van der Waals surface area contributed by atoms with E-state index in [9.17, 15) is 9.59 Å². The van der Waals surface area contributed by atoms with Gasteiger partial charge in [0.25, 0.3) is 5.91 Å². The van der Waals surface area contributed by atoms with E-state index >= 15 is 0 Å². The lowest BCUT2D eigenvalue weighted by molar-refractivity contribution is -0.118. The van der Waals surface area contributed by atoms with Crippen LogP contribution < -0.4 is 5.32 Å². The lowest BCUT2D eigenvalue weighted by Crippen LogP contribution is -2.25. The van der Waals surface area contributed by atoms with E-state index in [1.54, 1.807) is 25.3 Å². The van der Waals surface area contributed by atoms with Gasteiger partial charge in [-0.2, -0.15) is 4.99 Å². The molecule has 1 aromatic rings. The molecule has 0 aliphatic carbocycles. The highest BCUT2D eigenvalue weighted by Crippen LogP contribution is 2.14. The summed E-state index contributed by atoms with van der Waals surface area (Å²) in [6.07, 6.45) is 1.54. The first-order chi connectivity index (χ1) is 9.56. The van der Waals surface area contributed by atoms with Gasteiger partial charge < -0.3 is 9.73 Å². The van der Waals surface area contributed by atoms with E-state index in [2.05, 4.69) is 21.9 Å². The van der Waals surface area contributed by atoms with Crippen molar-refractivity contribution in [2.24, 2.45) is 9.98 Å². The van der Waals surface area contributed by atoms with Crippen LogP contribution in [0.3, 0.4) is 0 Å². The van der Waals surface area contributed by atoms with Crippen molar-refractivity contribution in [3.05, 3.63) is 36.3 Å². The number of carbonyl (C=O) groups is 2. The van der Waals surface area contributed by atoms with Crippen LogP contribution in [0.25, 0.3) is 0 Å². The van der Waals surface area contributed by atoms with Crippen LogP contribution in [0.15, 0.2) is 44.9 Å². The van der Waals surface area contributed by atoms with Crippen molar-refractivity contribution in [3.8, 4) is 0 Å². The van der Waals surface area contributed by atoms with Crippen LogP contribution in [0.4, 0.5) is 0 Å². The molecular weight excluding hydrogens is 278 g/mol. The molecule has 0 spiro atoms. The molecule has 2 rings (SSSR count). The fourth-order valence-electron chi connectivity index (χ4n) is 1.39. The third-order valence-corrected chi connectivity index (χ3v) is 3.37. The zero-order valence-corrected chi connectivity index (χ0v) is 11.7. The Kier molecular flexibility index (Phi) is 4.52. The minimum atomic E-state index is -0.406. The third-order valence-electron chi connectivity index (χ3n) is 2.53. The molecule has 1 N–H and O–H groups in total. The van der Waals surface area contributed by atoms with Crippen molar-refractivity contribution >= 4 is 34.5 Å². The highest BCUT2D eigenvalue weighted by molar-refractivity contribution is 8.14. The van der Waals surface area contributed by atoms with E-state index in [0.29, 0.717) is 18.0 Å². The molecule has 2 heterocycles. The molecule has 1 aliphatic rings. The van der Waals surface area contributed by atoms with E-state index in [0.717, 1.165) is 11.8 Å². The molecule has 6 nitrogen and oxygen atoms in total. The first-order valence-electron chi connectivity index (χ1n) is 5.85. The Morgan fingerprint density at radius 2 is 2.30 bits per heavy atom. The molecule has 104 valence electrons. The molecule has 7 heteroatoms. The van der Waals surface area contributed by atoms with Crippen LogP contribution in [-0.2, 0) is 16.1 Å². The Morgan fingerprint density at radius 1 is 1.50 bits per heavy atom. The number of thioether (sulfide) groups is 1. The lowest BCUT2D eigenvalue weighted by Gasteiger charge is -2.09. The molecule has 1 aromatic heterocycles. The van der Waals surface area contributed by atoms with E-state index in [-0.39, 0.29) is 22.4 Å². The summed E-state index contributed by atoms with van der Waals surface area (Å²) in [5.74, 6) is 0.226. The van der Waals surface area contributed by atoms with E-state index in [1.807, 2.05) is 0 Å². The monoisotopic (exact) mass is 291 g/mol. The molecule has 0 unspecified atom stereocenters. The van der Waals surface area contributed by atoms with Crippen LogP contribution in [0.5, 0.6) is 0 Å². The van der Waals surface area contributed by atoms with Gasteiger partial charge in [-0.15, -0.1) is 0 Å². The van der Waals surface area contributed by atoms with Crippen LogP contribution in [0.2, 0.25) is 0 Å². The number of aliphatic imine (C=N–C) groups is 2. The second-order valence-electron chi connectivity index (χ2n) is 4.02. The van der Waals surface area contributed by atoms with Crippen molar-refractivity contribution < 1.29 is 14.0 Å². The second kappa shape index (κ2) is 6.33. The van der Waals surface area contributed by atoms with Crippen molar-refractivity contribution in [1.29, 1.82) is 0 Å². The van der Waals surface area contributed by atoms with Crippen molar-refractivity contribution in [3.63, 3.8) is 0 Å². The molecular formula is C13H13N3O3S. The number of rotatable bonds is 4. The standard InChI is InChI=1S/C13H13N3O3S/c1-8-9(2)15-13(16-12(8)18)20-7-11(17)14-6-10-4-3-5-19-10/h3-5H,1,6-7H2,2H3,(H,14,17). The molecule has 0 fully saturated rings. The first-order valence-corrected chi connectivity index (χ1v) is 6.84. The number of amidine groups is 1. The van der Waals surface area contributed by atoms with Crippen LogP contribution >= 0.6 is 11.8 Å². The van der Waals surface area contributed by atoms with Gasteiger partial charge in [0.1, 0.15) is 5.76 Å². The van der Waals surface area contributed by atoms with Crippen LogP contribution in [0, 0.1) is 0 Å². The normalized spacial score (nSPS) is 14.8. The number of hydrogen-bond acceptors (Lipinski definition) is 5. The minimum absolute atomic E-state index is 0.135. The maximum Gasteiger partial charge on any atom is 0.280 e. The number of amides is 2. The summed E-state index contributed by atoms with van der Waals surface area (Å²) in [4.78, 5) is 30.9. The second-order valence-corrected chi connectivity index (χ2v) is 4.96. The molecule has 0 aromatic carbocycles. The summed E-state index contributed by atoms with van der Waals surface area (Å²) in [6.45, 7) is 5.59. The van der Waals surface area contributed by atoms with Gasteiger partial charge in [-0.25, -0.2) is 4.99 Å². The molecule has 2 amide bonds. The molecule has 0 saturated carbocycles. The highest BCUT2D eigenvalue weighted by Gasteiger charge is 2.17. The molecule has 0 atom stereocenters. The Labute approximate surface area is 120 Å². The summed E-state index contributed by atoms with van der Waals surface area (Å²) >= 11 is 1.11. The van der Waals surface area contributed by atoms with E-state index in [1.165, 1.54) is 0 Å². The average Bonchev–Trinajstić information content (AvgIpc) is 2.93. The molecule has 0 bridgehead atoms. The third kappa shape index (κ3) is 3.67. The summed E-state index contributed by atoms with van der Waals surface area (Å²) in [7, 11) is 0. The Bertz CT molecular complexity index is 602. The molecule has 20 heavy (non-hydrogen) atoms. The summed E-state index contributed by atoms with van der Waals surface area (Å²) in [5, 5.41) is 2.98. The molecule has 1 aliphatic heterocycles. The SMILES string of the molecule is C=C1C(=O)N=C(SCC(=O)NCc2ccco2)N=C1C. The van der Waals surface area contributed by atoms with Gasteiger partial charge >= 0.3 is 0 Å². The zero-order chi connectivity index (χ0) is 14.5. The zero-order valence-electron chi connectivity index (χ0n) is 10.9. The Balaban J connectivity index is 1.80. The quantitative estimate of drug-likeness (QED) is 0.853. The van der Waals surface area contributed by atoms with Gasteiger partial charge in [0.05, 0.1) is 29.8 Å². The number of hydrogen-bond donors (Lipinski definition) is 1. The number of nitrogens with one attached hydrogen (secondary N) is 1. The fraction of sp³-hybridized carbons (Fsp3) is 0.231. The lowest BCUT2D eigenvalue weighted by atomic mass is 10.2.